The van der Waals surface area contributed by atoms with E-state index in [4.69, 9.17) is 6.42 Å². The largest absolute Gasteiger partial charge is 0.302 e. The summed E-state index contributed by atoms with van der Waals surface area (Å²) in [6, 6.07) is 17.3. The molecule has 0 radical (unpaired) electrons. The van der Waals surface area contributed by atoms with E-state index in [1.54, 1.807) is 4.90 Å². The van der Waals surface area contributed by atoms with Gasteiger partial charge in [0.25, 0.3) is 0 Å². The summed E-state index contributed by atoms with van der Waals surface area (Å²) in [5.41, 5.74) is 1.80. The second-order valence-electron chi connectivity index (χ2n) is 3.97. The Morgan fingerprint density at radius 1 is 1.11 bits per heavy atom. The third-order valence-corrected chi connectivity index (χ3v) is 3.37. The number of terminal acetylenes is 1. The number of rotatable bonds is 3. The zero-order chi connectivity index (χ0) is 13.7. The average Bonchev–Trinajstić information content (AvgIpc) is 2.46. The van der Waals surface area contributed by atoms with Crippen LogP contribution in [0.1, 0.15) is 5.56 Å². The summed E-state index contributed by atoms with van der Waals surface area (Å²) in [6.45, 7) is 0.451. The van der Waals surface area contributed by atoms with Crippen LogP contribution in [-0.4, -0.2) is 5.91 Å². The van der Waals surface area contributed by atoms with Crippen molar-refractivity contribution >= 4 is 27.5 Å². The molecule has 0 aliphatic carbocycles. The lowest BCUT2D eigenvalue weighted by Gasteiger charge is -2.21. The lowest BCUT2D eigenvalue weighted by molar-refractivity contribution is -0.113. The van der Waals surface area contributed by atoms with Gasteiger partial charge in [0.1, 0.15) is 0 Å². The summed E-state index contributed by atoms with van der Waals surface area (Å²) in [5.74, 6) is 1.83. The standard InChI is InChI=1S/C16H12BrNO/c1-2-16(19)18(12-13-8-4-3-5-9-13)15-11-7-6-10-14(15)17/h1,3-11H,12H2. The molecule has 2 rings (SSSR count). The van der Waals surface area contributed by atoms with E-state index in [-0.39, 0.29) is 5.91 Å². The highest BCUT2D eigenvalue weighted by atomic mass is 79.9. The van der Waals surface area contributed by atoms with Crippen LogP contribution in [0, 0.1) is 12.3 Å². The van der Waals surface area contributed by atoms with Crippen molar-refractivity contribution in [2.75, 3.05) is 4.90 Å². The molecule has 0 bridgehead atoms. The Hall–Kier alpha value is -2.05. The lowest BCUT2D eigenvalue weighted by atomic mass is 10.2. The van der Waals surface area contributed by atoms with Crippen molar-refractivity contribution in [1.29, 1.82) is 0 Å². The van der Waals surface area contributed by atoms with Gasteiger partial charge >= 0.3 is 5.91 Å². The van der Waals surface area contributed by atoms with E-state index in [1.807, 2.05) is 54.6 Å². The third-order valence-electron chi connectivity index (χ3n) is 2.70. The third kappa shape index (κ3) is 3.24. The van der Waals surface area contributed by atoms with Gasteiger partial charge in [-0.2, -0.15) is 0 Å². The molecule has 0 aliphatic rings. The van der Waals surface area contributed by atoms with E-state index < -0.39 is 0 Å². The highest BCUT2D eigenvalue weighted by Crippen LogP contribution is 2.27. The van der Waals surface area contributed by atoms with E-state index in [2.05, 4.69) is 21.9 Å². The van der Waals surface area contributed by atoms with Crippen LogP contribution in [0.4, 0.5) is 5.69 Å². The Labute approximate surface area is 121 Å². The summed E-state index contributed by atoms with van der Waals surface area (Å²) in [4.78, 5) is 13.5. The first-order valence-electron chi connectivity index (χ1n) is 5.79. The fraction of sp³-hybridized carbons (Fsp3) is 0.0625. The van der Waals surface area contributed by atoms with E-state index in [9.17, 15) is 4.79 Å². The molecule has 0 saturated carbocycles. The Bertz CT molecular complexity index is 616. The number of nitrogens with zero attached hydrogens (tertiary/aromatic N) is 1. The number of amides is 1. The topological polar surface area (TPSA) is 20.3 Å². The van der Waals surface area contributed by atoms with Crippen molar-refractivity contribution in [3.63, 3.8) is 0 Å². The fourth-order valence-electron chi connectivity index (χ4n) is 1.78. The fourth-order valence-corrected chi connectivity index (χ4v) is 2.28. The summed E-state index contributed by atoms with van der Waals surface area (Å²) in [7, 11) is 0. The molecule has 0 aromatic heterocycles. The molecular formula is C16H12BrNO. The molecule has 0 atom stereocenters. The van der Waals surface area contributed by atoms with Gasteiger partial charge in [0, 0.05) is 4.47 Å². The van der Waals surface area contributed by atoms with Crippen LogP contribution in [0.5, 0.6) is 0 Å². The molecule has 3 heteroatoms. The van der Waals surface area contributed by atoms with Crippen molar-refractivity contribution in [3.8, 4) is 12.3 Å². The van der Waals surface area contributed by atoms with Gasteiger partial charge in [0.05, 0.1) is 12.2 Å². The smallest absolute Gasteiger partial charge is 0.296 e. The van der Waals surface area contributed by atoms with E-state index >= 15 is 0 Å². The van der Waals surface area contributed by atoms with Crippen molar-refractivity contribution < 1.29 is 4.79 Å². The van der Waals surface area contributed by atoms with Crippen LogP contribution in [-0.2, 0) is 11.3 Å². The molecular weight excluding hydrogens is 302 g/mol. The molecule has 0 N–H and O–H groups in total. The first-order valence-corrected chi connectivity index (χ1v) is 6.58. The van der Waals surface area contributed by atoms with Crippen LogP contribution in [0.3, 0.4) is 0 Å². The first kappa shape index (κ1) is 13.4. The second-order valence-corrected chi connectivity index (χ2v) is 4.83. The normalized spacial score (nSPS) is 9.68. The number of anilines is 1. The number of para-hydroxylation sites is 1. The molecule has 0 saturated heterocycles. The molecule has 94 valence electrons. The highest BCUT2D eigenvalue weighted by Gasteiger charge is 2.16. The van der Waals surface area contributed by atoms with Crippen LogP contribution in [0.15, 0.2) is 59.1 Å². The van der Waals surface area contributed by atoms with Crippen LogP contribution in [0.25, 0.3) is 0 Å². The SMILES string of the molecule is C#CC(=O)N(Cc1ccccc1)c1ccccc1Br. The number of carbonyl (C=O) groups is 1. The number of carbonyl (C=O) groups excluding carboxylic acids is 1. The maximum absolute atomic E-state index is 11.9. The van der Waals surface area contributed by atoms with Crippen LogP contribution in [0.2, 0.25) is 0 Å². The molecule has 0 heterocycles. The summed E-state index contributed by atoms with van der Waals surface area (Å²) in [6.07, 6.45) is 5.26. The lowest BCUT2D eigenvalue weighted by Crippen LogP contribution is -2.29. The van der Waals surface area contributed by atoms with E-state index in [0.717, 1.165) is 15.7 Å². The Kier molecular flexibility index (Phi) is 4.38. The predicted octanol–water partition coefficient (Wildman–Crippen LogP) is 3.62. The van der Waals surface area contributed by atoms with Crippen molar-refractivity contribution in [2.45, 2.75) is 6.54 Å². The Morgan fingerprint density at radius 3 is 2.37 bits per heavy atom. The molecule has 19 heavy (non-hydrogen) atoms. The van der Waals surface area contributed by atoms with Gasteiger partial charge < -0.3 is 0 Å². The minimum Gasteiger partial charge on any atom is -0.296 e. The van der Waals surface area contributed by atoms with E-state index in [1.165, 1.54) is 0 Å². The molecule has 0 fully saturated rings. The molecule has 0 unspecified atom stereocenters. The summed E-state index contributed by atoms with van der Waals surface area (Å²) in [5, 5.41) is 0. The first-order chi connectivity index (χ1) is 9.22. The van der Waals surface area contributed by atoms with Gasteiger partial charge in [-0.3, -0.25) is 9.69 Å². The predicted molar refractivity (Wildman–Crippen MR) is 80.6 cm³/mol. The molecule has 0 spiro atoms. The number of hydrogen-bond acceptors (Lipinski definition) is 1. The number of benzene rings is 2. The summed E-state index contributed by atoms with van der Waals surface area (Å²) < 4.78 is 0.842. The van der Waals surface area contributed by atoms with Gasteiger partial charge in [-0.25, -0.2) is 0 Å². The number of halogens is 1. The maximum Gasteiger partial charge on any atom is 0.302 e. The Morgan fingerprint density at radius 2 is 1.74 bits per heavy atom. The quantitative estimate of drug-likeness (QED) is 0.793. The van der Waals surface area contributed by atoms with Crippen molar-refractivity contribution in [1.82, 2.24) is 0 Å². The van der Waals surface area contributed by atoms with Crippen molar-refractivity contribution in [2.24, 2.45) is 0 Å². The maximum atomic E-state index is 11.9. The van der Waals surface area contributed by atoms with Crippen LogP contribution >= 0.6 is 15.9 Å². The molecule has 0 aliphatic heterocycles. The monoisotopic (exact) mass is 313 g/mol. The minimum absolute atomic E-state index is 0.351. The van der Waals surface area contributed by atoms with Gasteiger partial charge in [0.15, 0.2) is 0 Å². The molecule has 1 amide bonds. The van der Waals surface area contributed by atoms with E-state index in [0.29, 0.717) is 6.54 Å². The number of hydrogen-bond donors (Lipinski definition) is 0. The van der Waals surface area contributed by atoms with Gasteiger partial charge in [-0.05, 0) is 39.5 Å². The highest BCUT2D eigenvalue weighted by molar-refractivity contribution is 9.10. The summed E-state index contributed by atoms with van der Waals surface area (Å²) >= 11 is 3.45. The van der Waals surface area contributed by atoms with Crippen LogP contribution < -0.4 is 4.90 Å². The zero-order valence-corrected chi connectivity index (χ0v) is 11.8. The van der Waals surface area contributed by atoms with Gasteiger partial charge in [0.2, 0.25) is 0 Å². The molecule has 2 aromatic rings. The molecule has 2 aromatic carbocycles. The van der Waals surface area contributed by atoms with Crippen molar-refractivity contribution in [3.05, 3.63) is 64.6 Å². The second kappa shape index (κ2) is 6.21. The minimum atomic E-state index is -0.351. The Balaban J connectivity index is 2.36. The van der Waals surface area contributed by atoms with Gasteiger partial charge in [-0.15, -0.1) is 6.42 Å². The zero-order valence-electron chi connectivity index (χ0n) is 10.2. The van der Waals surface area contributed by atoms with Gasteiger partial charge in [-0.1, -0.05) is 42.5 Å². The molecule has 2 nitrogen and oxygen atoms in total. The average molecular weight is 314 g/mol.